The molecule has 0 bridgehead atoms. The summed E-state index contributed by atoms with van der Waals surface area (Å²) in [5, 5.41) is 0.134. The van der Waals surface area contributed by atoms with Gasteiger partial charge in [0.05, 0.1) is 25.7 Å². The Labute approximate surface area is 137 Å². The second-order valence-electron chi connectivity index (χ2n) is 6.69. The van der Waals surface area contributed by atoms with Crippen molar-refractivity contribution in [1.82, 2.24) is 19.6 Å². The van der Waals surface area contributed by atoms with E-state index in [0.717, 1.165) is 45.7 Å². The van der Waals surface area contributed by atoms with Crippen LogP contribution >= 0.6 is 0 Å². The van der Waals surface area contributed by atoms with Crippen molar-refractivity contribution >= 4 is 10.0 Å². The molecule has 1 saturated heterocycles. The number of morpholine rings is 1. The van der Waals surface area contributed by atoms with E-state index in [9.17, 15) is 8.42 Å². The lowest BCUT2D eigenvalue weighted by molar-refractivity contribution is 0.00843. The zero-order valence-corrected chi connectivity index (χ0v) is 14.3. The third kappa shape index (κ3) is 4.32. The number of nitrogens with one attached hydrogen (secondary N) is 2. The first-order valence-electron chi connectivity index (χ1n) is 8.38. The van der Waals surface area contributed by atoms with Crippen LogP contribution in [0.15, 0.2) is 17.6 Å². The number of nitrogens with zero attached hydrogens (tertiary/aromatic N) is 2. The highest BCUT2D eigenvalue weighted by atomic mass is 32.2. The van der Waals surface area contributed by atoms with E-state index >= 15 is 0 Å². The summed E-state index contributed by atoms with van der Waals surface area (Å²) in [5.41, 5.74) is 0.0304. The second-order valence-corrected chi connectivity index (χ2v) is 8.42. The molecule has 0 spiro atoms. The van der Waals surface area contributed by atoms with Crippen molar-refractivity contribution in [3.05, 3.63) is 12.5 Å². The molecular formula is C15H26N4O3S. The number of imidazole rings is 1. The maximum Gasteiger partial charge on any atom is 0.257 e. The number of hydrogen-bond donors (Lipinski definition) is 2. The molecule has 130 valence electrons. The van der Waals surface area contributed by atoms with Crippen LogP contribution in [0.5, 0.6) is 0 Å². The zero-order valence-electron chi connectivity index (χ0n) is 13.5. The summed E-state index contributed by atoms with van der Waals surface area (Å²) in [7, 11) is -3.51. The molecule has 2 fully saturated rings. The van der Waals surface area contributed by atoms with Gasteiger partial charge >= 0.3 is 0 Å². The average molecular weight is 342 g/mol. The Bertz CT molecular complexity index is 576. The molecule has 23 heavy (non-hydrogen) atoms. The first-order valence-corrected chi connectivity index (χ1v) is 9.86. The van der Waals surface area contributed by atoms with Gasteiger partial charge in [-0.25, -0.2) is 18.1 Å². The van der Waals surface area contributed by atoms with E-state index in [1.54, 1.807) is 0 Å². The third-order valence-electron chi connectivity index (χ3n) is 4.98. The van der Waals surface area contributed by atoms with Gasteiger partial charge in [-0.1, -0.05) is 19.3 Å². The second kappa shape index (κ2) is 7.29. The van der Waals surface area contributed by atoms with Crippen LogP contribution in [0.25, 0.3) is 0 Å². The van der Waals surface area contributed by atoms with Gasteiger partial charge in [0.15, 0.2) is 5.03 Å². The fourth-order valence-electron chi connectivity index (χ4n) is 3.64. The molecule has 0 amide bonds. The molecule has 0 atom stereocenters. The van der Waals surface area contributed by atoms with Crippen molar-refractivity contribution in [2.75, 3.05) is 39.4 Å². The summed E-state index contributed by atoms with van der Waals surface area (Å²) in [6.07, 6.45) is 8.49. The third-order valence-corrected chi connectivity index (χ3v) is 6.30. The van der Waals surface area contributed by atoms with Crippen LogP contribution in [0.3, 0.4) is 0 Å². The average Bonchev–Trinajstić information content (AvgIpc) is 3.11. The Kier molecular flexibility index (Phi) is 5.35. The van der Waals surface area contributed by atoms with Crippen LogP contribution < -0.4 is 4.72 Å². The Morgan fingerprint density at radius 2 is 2.00 bits per heavy atom. The molecule has 1 saturated carbocycles. The molecule has 3 rings (SSSR count). The van der Waals surface area contributed by atoms with Crippen LogP contribution in [0.2, 0.25) is 0 Å². The van der Waals surface area contributed by atoms with E-state index in [2.05, 4.69) is 19.6 Å². The van der Waals surface area contributed by atoms with E-state index in [1.807, 2.05) is 0 Å². The smallest absolute Gasteiger partial charge is 0.257 e. The SMILES string of the molecule is O=S(=O)(NCC1(CN2CCOCC2)CCCCC1)c1cnc[nH]1. The first kappa shape index (κ1) is 16.9. The molecular weight excluding hydrogens is 316 g/mol. The highest BCUT2D eigenvalue weighted by Gasteiger charge is 2.35. The fraction of sp³-hybridized carbons (Fsp3) is 0.800. The minimum atomic E-state index is -3.51. The maximum absolute atomic E-state index is 12.4. The van der Waals surface area contributed by atoms with Crippen LogP contribution in [0.1, 0.15) is 32.1 Å². The number of rotatable bonds is 6. The van der Waals surface area contributed by atoms with Gasteiger partial charge in [0.25, 0.3) is 10.0 Å². The summed E-state index contributed by atoms with van der Waals surface area (Å²) in [6, 6.07) is 0. The number of H-pyrrole nitrogens is 1. The Morgan fingerprint density at radius 1 is 1.26 bits per heavy atom. The lowest BCUT2D eigenvalue weighted by Crippen LogP contribution is -2.49. The van der Waals surface area contributed by atoms with Crippen molar-refractivity contribution in [3.8, 4) is 0 Å². The topological polar surface area (TPSA) is 87.3 Å². The van der Waals surface area contributed by atoms with Gasteiger partial charge in [-0.15, -0.1) is 0 Å². The molecule has 0 aromatic carbocycles. The van der Waals surface area contributed by atoms with Crippen LogP contribution in [-0.2, 0) is 14.8 Å². The van der Waals surface area contributed by atoms with Gasteiger partial charge in [-0.05, 0) is 18.3 Å². The van der Waals surface area contributed by atoms with E-state index in [0.29, 0.717) is 6.54 Å². The fourth-order valence-corrected chi connectivity index (χ4v) is 4.70. The minimum Gasteiger partial charge on any atom is -0.379 e. The Hall–Kier alpha value is -0.960. The van der Waals surface area contributed by atoms with Gasteiger partial charge < -0.3 is 9.72 Å². The van der Waals surface area contributed by atoms with Crippen molar-refractivity contribution in [3.63, 3.8) is 0 Å². The minimum absolute atomic E-state index is 0.0304. The molecule has 1 aromatic rings. The molecule has 1 aliphatic carbocycles. The number of aromatic nitrogens is 2. The van der Waals surface area contributed by atoms with E-state index in [4.69, 9.17) is 4.74 Å². The van der Waals surface area contributed by atoms with Crippen molar-refractivity contribution in [1.29, 1.82) is 0 Å². The van der Waals surface area contributed by atoms with Gasteiger partial charge in [0.1, 0.15) is 0 Å². The standard InChI is InChI=1S/C15H26N4O3S/c20-23(21,14-10-16-13-17-14)18-11-15(4-2-1-3-5-15)12-19-6-8-22-9-7-19/h10,13,18H,1-9,11-12H2,(H,16,17). The number of sulfonamides is 1. The van der Waals surface area contributed by atoms with Gasteiger partial charge in [0.2, 0.25) is 0 Å². The highest BCUT2D eigenvalue weighted by Crippen LogP contribution is 2.37. The molecule has 1 aliphatic heterocycles. The van der Waals surface area contributed by atoms with Crippen molar-refractivity contribution in [2.24, 2.45) is 5.41 Å². The number of hydrogen-bond acceptors (Lipinski definition) is 5. The molecule has 8 heteroatoms. The van der Waals surface area contributed by atoms with E-state index in [-0.39, 0.29) is 10.4 Å². The molecule has 1 aromatic heterocycles. The van der Waals surface area contributed by atoms with E-state index in [1.165, 1.54) is 31.8 Å². The number of ether oxygens (including phenoxy) is 1. The summed E-state index contributed by atoms with van der Waals surface area (Å²) >= 11 is 0. The monoisotopic (exact) mass is 342 g/mol. The molecule has 2 heterocycles. The lowest BCUT2D eigenvalue weighted by atomic mass is 9.73. The van der Waals surface area contributed by atoms with Crippen LogP contribution in [-0.4, -0.2) is 62.7 Å². The molecule has 0 unspecified atom stereocenters. The highest BCUT2D eigenvalue weighted by molar-refractivity contribution is 7.89. The summed E-state index contributed by atoms with van der Waals surface area (Å²) in [6.45, 7) is 4.86. The molecule has 2 N–H and O–H groups in total. The zero-order chi connectivity index (χ0) is 16.2. The predicted molar refractivity (Wildman–Crippen MR) is 86.6 cm³/mol. The summed E-state index contributed by atoms with van der Waals surface area (Å²) in [5.74, 6) is 0. The quantitative estimate of drug-likeness (QED) is 0.804. The van der Waals surface area contributed by atoms with Gasteiger partial charge in [0, 0.05) is 26.2 Å². The molecule has 7 nitrogen and oxygen atoms in total. The number of aromatic amines is 1. The van der Waals surface area contributed by atoms with Crippen LogP contribution in [0, 0.1) is 5.41 Å². The summed E-state index contributed by atoms with van der Waals surface area (Å²) < 4.78 is 32.9. The van der Waals surface area contributed by atoms with Gasteiger partial charge in [-0.3, -0.25) is 4.90 Å². The summed E-state index contributed by atoms with van der Waals surface area (Å²) in [4.78, 5) is 8.88. The Morgan fingerprint density at radius 3 is 2.65 bits per heavy atom. The Balaban J connectivity index is 1.66. The van der Waals surface area contributed by atoms with E-state index < -0.39 is 10.0 Å². The lowest BCUT2D eigenvalue weighted by Gasteiger charge is -2.42. The van der Waals surface area contributed by atoms with Gasteiger partial charge in [-0.2, -0.15) is 0 Å². The van der Waals surface area contributed by atoms with Crippen LogP contribution in [0.4, 0.5) is 0 Å². The maximum atomic E-state index is 12.4. The molecule has 0 radical (unpaired) electrons. The van der Waals surface area contributed by atoms with Crippen molar-refractivity contribution < 1.29 is 13.2 Å². The molecule has 2 aliphatic rings. The van der Waals surface area contributed by atoms with Crippen molar-refractivity contribution in [2.45, 2.75) is 37.1 Å². The predicted octanol–water partition coefficient (Wildman–Crippen LogP) is 0.971. The first-order chi connectivity index (χ1) is 11.1. The normalized spacial score (nSPS) is 23.0. The largest absolute Gasteiger partial charge is 0.379 e.